The molecule has 1 spiro atoms. The first-order valence-corrected chi connectivity index (χ1v) is 16.8. The minimum atomic E-state index is -4.21. The van der Waals surface area contributed by atoms with Gasteiger partial charge in [-0.25, -0.2) is 18.4 Å². The van der Waals surface area contributed by atoms with Crippen molar-refractivity contribution >= 4 is 77.1 Å². The molecule has 15 heteroatoms. The Morgan fingerprint density at radius 3 is 2.33 bits per heavy atom. The number of nitrogens with zero attached hydrogens (tertiary/aromatic N) is 6. The highest BCUT2D eigenvalue weighted by Gasteiger charge is 2.53. The highest BCUT2D eigenvalue weighted by atomic mass is 35.5. The molecule has 0 atom stereocenters. The van der Waals surface area contributed by atoms with Gasteiger partial charge in [0.1, 0.15) is 8.42 Å². The van der Waals surface area contributed by atoms with Gasteiger partial charge in [-0.2, -0.15) is 12.5 Å². The number of hydrogen-bond acceptors (Lipinski definition) is 10. The third-order valence-corrected chi connectivity index (χ3v) is 13.5. The van der Waals surface area contributed by atoms with Crippen molar-refractivity contribution in [3.05, 3.63) is 52.8 Å². The van der Waals surface area contributed by atoms with Crippen molar-refractivity contribution in [3.8, 4) is 0 Å². The Morgan fingerprint density at radius 2 is 1.67 bits per heavy atom. The lowest BCUT2D eigenvalue weighted by Gasteiger charge is -2.42. The van der Waals surface area contributed by atoms with E-state index in [9.17, 15) is 16.8 Å². The van der Waals surface area contributed by atoms with Crippen LogP contribution in [-0.4, -0.2) is 66.4 Å². The lowest BCUT2D eigenvalue weighted by Crippen LogP contribution is -2.56. The molecule has 39 heavy (non-hydrogen) atoms. The van der Waals surface area contributed by atoms with Gasteiger partial charge in [0, 0.05) is 19.6 Å². The molecule has 10 nitrogen and oxygen atoms in total. The number of piperazine rings is 1. The molecule has 1 aliphatic heterocycles. The maximum absolute atomic E-state index is 13.8. The van der Waals surface area contributed by atoms with Crippen molar-refractivity contribution in [2.75, 3.05) is 29.4 Å². The Bertz CT molecular complexity index is 1800. The average molecular weight is 628 g/mol. The smallest absolute Gasteiger partial charge is 0.293 e. The first-order chi connectivity index (χ1) is 18.4. The highest BCUT2D eigenvalue weighted by molar-refractivity contribution is 7.95. The number of benzene rings is 1. The molecule has 1 saturated carbocycles. The van der Waals surface area contributed by atoms with Crippen LogP contribution in [0.25, 0.3) is 10.9 Å². The topological polar surface area (TPSA) is 118 Å². The summed E-state index contributed by atoms with van der Waals surface area (Å²) in [5, 5.41) is 5.35. The summed E-state index contributed by atoms with van der Waals surface area (Å²) < 4.78 is 53.8. The first-order valence-electron chi connectivity index (χ1n) is 12.2. The van der Waals surface area contributed by atoms with E-state index in [0.29, 0.717) is 52.3 Å². The van der Waals surface area contributed by atoms with E-state index in [2.05, 4.69) is 24.9 Å². The molecule has 2 fully saturated rings. The van der Waals surface area contributed by atoms with E-state index in [1.54, 1.807) is 44.4 Å². The van der Waals surface area contributed by atoms with Crippen molar-refractivity contribution in [1.82, 2.24) is 19.2 Å². The van der Waals surface area contributed by atoms with Crippen LogP contribution in [0.3, 0.4) is 0 Å². The number of sulfone groups is 1. The zero-order valence-electron chi connectivity index (χ0n) is 21.0. The lowest BCUT2D eigenvalue weighted by atomic mass is 10.1. The second-order valence-corrected chi connectivity index (χ2v) is 16.6. The summed E-state index contributed by atoms with van der Waals surface area (Å²) in [6.45, 7) is 4.91. The lowest BCUT2D eigenvalue weighted by molar-refractivity contribution is 0.498. The molecule has 0 radical (unpaired) electrons. The van der Waals surface area contributed by atoms with Crippen LogP contribution in [0.5, 0.6) is 0 Å². The molecule has 0 bridgehead atoms. The Labute approximate surface area is 240 Å². The zero-order chi connectivity index (χ0) is 27.7. The molecule has 2 aliphatic rings. The summed E-state index contributed by atoms with van der Waals surface area (Å²) in [7, 11) is -7.83. The third-order valence-electron chi connectivity index (χ3n) is 7.17. The number of hydrogen-bond donors (Lipinski definition) is 0. The first kappa shape index (κ1) is 26.8. The number of halogens is 2. The summed E-state index contributed by atoms with van der Waals surface area (Å²) in [5.74, 6) is 1.08. The number of fused-ring (bicyclic) bond motifs is 1. The van der Waals surface area contributed by atoms with E-state index in [1.807, 2.05) is 0 Å². The molecule has 4 aromatic rings. The van der Waals surface area contributed by atoms with Crippen molar-refractivity contribution < 1.29 is 16.8 Å². The van der Waals surface area contributed by atoms with E-state index in [4.69, 9.17) is 23.2 Å². The van der Waals surface area contributed by atoms with E-state index in [-0.39, 0.29) is 14.0 Å². The van der Waals surface area contributed by atoms with E-state index >= 15 is 0 Å². The molecular weight excluding hydrogens is 603 g/mol. The van der Waals surface area contributed by atoms with Gasteiger partial charge in [-0.05, 0) is 51.0 Å². The minimum Gasteiger partial charge on any atom is -0.345 e. The number of thiophene rings is 1. The second-order valence-electron chi connectivity index (χ2n) is 9.97. The summed E-state index contributed by atoms with van der Waals surface area (Å²) in [6.07, 6.45) is 4.92. The molecule has 1 saturated heterocycles. The summed E-state index contributed by atoms with van der Waals surface area (Å²) >= 11 is 13.3. The molecule has 6 rings (SSSR count). The van der Waals surface area contributed by atoms with Crippen LogP contribution in [0.2, 0.25) is 10.0 Å². The Kier molecular flexibility index (Phi) is 6.38. The van der Waals surface area contributed by atoms with Crippen molar-refractivity contribution in [2.24, 2.45) is 0 Å². The van der Waals surface area contributed by atoms with Crippen molar-refractivity contribution in [3.63, 3.8) is 0 Å². The van der Waals surface area contributed by atoms with E-state index in [1.165, 1.54) is 12.1 Å². The average Bonchev–Trinajstić information content (AvgIpc) is 3.30. The predicted molar refractivity (Wildman–Crippen MR) is 153 cm³/mol. The van der Waals surface area contributed by atoms with Gasteiger partial charge in [0.05, 0.1) is 44.1 Å². The fraction of sp³-hybridized carbons (Fsp3) is 0.375. The van der Waals surface area contributed by atoms with Crippen LogP contribution >= 0.6 is 34.5 Å². The van der Waals surface area contributed by atoms with Crippen LogP contribution in [0.15, 0.2) is 51.1 Å². The monoisotopic (exact) mass is 626 g/mol. The Hall–Kier alpha value is -2.45. The maximum atomic E-state index is 13.8. The van der Waals surface area contributed by atoms with Gasteiger partial charge in [-0.15, -0.1) is 16.4 Å². The molecule has 3 aromatic heterocycles. The van der Waals surface area contributed by atoms with Gasteiger partial charge in [-0.1, -0.05) is 29.3 Å². The summed E-state index contributed by atoms with van der Waals surface area (Å²) in [5.41, 5.74) is 0.0657. The normalized spacial score (nSPS) is 17.5. The Morgan fingerprint density at radius 1 is 0.974 bits per heavy atom. The van der Waals surface area contributed by atoms with Gasteiger partial charge >= 0.3 is 0 Å². The van der Waals surface area contributed by atoms with Gasteiger partial charge in [0.15, 0.2) is 15.7 Å². The van der Waals surface area contributed by atoms with E-state index in [0.717, 1.165) is 28.3 Å². The molecule has 4 heterocycles. The highest BCUT2D eigenvalue weighted by Crippen LogP contribution is 2.49. The SMILES string of the molecule is CC(C)S(=O)(=O)c1ccc(S(=O)(=O)n2nc(N3CCN(c4ncc(Cl)cn4)CC34CC4)c3c(Cl)cccc32)s1. The molecule has 0 amide bonds. The van der Waals surface area contributed by atoms with Gasteiger partial charge in [0.25, 0.3) is 10.0 Å². The number of aromatic nitrogens is 4. The fourth-order valence-electron chi connectivity index (χ4n) is 4.89. The maximum Gasteiger partial charge on any atom is 0.293 e. The molecule has 1 aliphatic carbocycles. The van der Waals surface area contributed by atoms with Crippen LogP contribution < -0.4 is 9.80 Å². The van der Waals surface area contributed by atoms with Crippen LogP contribution in [0.4, 0.5) is 11.8 Å². The predicted octanol–water partition coefficient (Wildman–Crippen LogP) is 4.47. The van der Waals surface area contributed by atoms with E-state index < -0.39 is 25.1 Å². The van der Waals surface area contributed by atoms with Crippen molar-refractivity contribution in [1.29, 1.82) is 0 Å². The molecule has 206 valence electrons. The fourth-order valence-corrected chi connectivity index (χ4v) is 9.81. The number of anilines is 2. The number of rotatable bonds is 6. The molecular formula is C24H24Cl2N6O4S3. The second kappa shape index (κ2) is 9.30. The largest absolute Gasteiger partial charge is 0.345 e. The van der Waals surface area contributed by atoms with Crippen LogP contribution in [0, 0.1) is 0 Å². The Balaban J connectivity index is 1.41. The quantitative estimate of drug-likeness (QED) is 0.305. The van der Waals surface area contributed by atoms with Gasteiger partial charge in [-0.3, -0.25) is 0 Å². The third kappa shape index (κ3) is 4.38. The minimum absolute atomic E-state index is 0.00302. The molecule has 0 unspecified atom stereocenters. The summed E-state index contributed by atoms with van der Waals surface area (Å²) in [6, 6.07) is 7.70. The standard InChI is InChI=1S/C24H24Cl2N6O4S3/c1-15(2)38(33,34)19-6-7-20(37-19)39(35,36)32-18-5-3-4-17(26)21(18)22(29-32)31-11-10-30(14-24(31)8-9-24)23-27-12-16(25)13-28-23/h3-7,12-13,15H,8-11,14H2,1-2H3. The molecule has 0 N–H and O–H groups in total. The zero-order valence-corrected chi connectivity index (χ0v) is 24.9. The van der Waals surface area contributed by atoms with Crippen LogP contribution in [0.1, 0.15) is 26.7 Å². The molecule has 1 aromatic carbocycles. The van der Waals surface area contributed by atoms with Gasteiger partial charge < -0.3 is 9.80 Å². The van der Waals surface area contributed by atoms with Crippen molar-refractivity contribution in [2.45, 2.75) is 45.9 Å². The summed E-state index contributed by atoms with van der Waals surface area (Å²) in [4.78, 5) is 13.0. The van der Waals surface area contributed by atoms with Crippen LogP contribution in [-0.2, 0) is 19.9 Å². The van der Waals surface area contributed by atoms with Gasteiger partial charge in [0.2, 0.25) is 5.95 Å².